The lowest BCUT2D eigenvalue weighted by molar-refractivity contribution is -0.118. The highest BCUT2D eigenvalue weighted by molar-refractivity contribution is 6.30. The van der Waals surface area contributed by atoms with Crippen LogP contribution in [-0.2, 0) is 11.4 Å². The van der Waals surface area contributed by atoms with Crippen molar-refractivity contribution in [3.8, 4) is 28.4 Å². The van der Waals surface area contributed by atoms with Crippen LogP contribution in [0.1, 0.15) is 49.3 Å². The second kappa shape index (κ2) is 11.6. The molecule has 7 heteroatoms. The van der Waals surface area contributed by atoms with Gasteiger partial charge in [-0.25, -0.2) is 4.68 Å². The summed E-state index contributed by atoms with van der Waals surface area (Å²) < 4.78 is 14.0. The van der Waals surface area contributed by atoms with Crippen molar-refractivity contribution in [3.05, 3.63) is 136 Å². The van der Waals surface area contributed by atoms with Gasteiger partial charge in [0.1, 0.15) is 12.4 Å². The van der Waals surface area contributed by atoms with Gasteiger partial charge in [0.2, 0.25) is 0 Å². The monoisotopic (exact) mass is 615 g/mol. The molecule has 7 rings (SSSR count). The number of fused-ring (bicyclic) bond motifs is 1. The summed E-state index contributed by atoms with van der Waals surface area (Å²) in [4.78, 5) is 14.1. The van der Waals surface area contributed by atoms with Crippen LogP contribution in [0.3, 0.4) is 0 Å². The molecule has 5 aromatic rings. The molecule has 1 aromatic heterocycles. The highest BCUT2D eigenvalue weighted by atomic mass is 35.5. The Bertz CT molecular complexity index is 1910. The predicted octanol–water partition coefficient (Wildman–Crippen LogP) is 8.98. The topological polar surface area (TPSA) is 65.4 Å². The van der Waals surface area contributed by atoms with Crippen LogP contribution in [0, 0.1) is 5.41 Å². The Morgan fingerprint density at radius 2 is 1.62 bits per heavy atom. The molecule has 1 unspecified atom stereocenters. The van der Waals surface area contributed by atoms with Crippen molar-refractivity contribution in [2.45, 2.75) is 39.2 Å². The van der Waals surface area contributed by atoms with Gasteiger partial charge in [0.25, 0.3) is 0 Å². The molecule has 2 heterocycles. The Morgan fingerprint density at radius 3 is 2.33 bits per heavy atom. The van der Waals surface area contributed by atoms with Crippen molar-refractivity contribution in [1.82, 2.24) is 9.78 Å². The molecule has 0 spiro atoms. The molecule has 45 heavy (non-hydrogen) atoms. The molecule has 1 aliphatic carbocycles. The van der Waals surface area contributed by atoms with Gasteiger partial charge < -0.3 is 14.8 Å². The third-order valence-corrected chi connectivity index (χ3v) is 8.82. The number of ketones is 1. The Kier molecular flexibility index (Phi) is 7.46. The van der Waals surface area contributed by atoms with Gasteiger partial charge in [-0.1, -0.05) is 92.2 Å². The summed E-state index contributed by atoms with van der Waals surface area (Å²) in [5.41, 5.74) is 7.15. The molecule has 1 aliphatic heterocycles. The van der Waals surface area contributed by atoms with E-state index in [1.807, 2.05) is 89.6 Å². The number of carbonyl (C=O) groups is 1. The number of nitrogens with one attached hydrogen (secondary N) is 1. The van der Waals surface area contributed by atoms with Gasteiger partial charge >= 0.3 is 0 Å². The number of hydrogen-bond donors (Lipinski definition) is 1. The van der Waals surface area contributed by atoms with Crippen molar-refractivity contribution >= 4 is 23.2 Å². The number of carbonyl (C=O) groups excluding carboxylic acids is 1. The van der Waals surface area contributed by atoms with Crippen molar-refractivity contribution < 1.29 is 14.3 Å². The zero-order valence-corrected chi connectivity index (χ0v) is 26.3. The van der Waals surface area contributed by atoms with Crippen LogP contribution in [0.2, 0.25) is 5.02 Å². The quantitative estimate of drug-likeness (QED) is 0.198. The third-order valence-electron chi connectivity index (χ3n) is 8.57. The maximum Gasteiger partial charge on any atom is 0.162 e. The maximum atomic E-state index is 14.1. The summed E-state index contributed by atoms with van der Waals surface area (Å²) in [7, 11) is 1.65. The van der Waals surface area contributed by atoms with E-state index in [0.29, 0.717) is 29.5 Å². The smallest absolute Gasteiger partial charge is 0.162 e. The minimum absolute atomic E-state index is 0.144. The molecule has 1 atom stereocenters. The van der Waals surface area contributed by atoms with Crippen LogP contribution < -0.4 is 14.8 Å². The van der Waals surface area contributed by atoms with Crippen LogP contribution in [0.4, 0.5) is 5.82 Å². The van der Waals surface area contributed by atoms with Gasteiger partial charge in [0, 0.05) is 39.8 Å². The van der Waals surface area contributed by atoms with E-state index in [9.17, 15) is 4.79 Å². The lowest BCUT2D eigenvalue weighted by atomic mass is 9.69. The summed E-state index contributed by atoms with van der Waals surface area (Å²) in [5.74, 6) is 1.87. The fourth-order valence-corrected chi connectivity index (χ4v) is 6.65. The molecule has 226 valence electrons. The Morgan fingerprint density at radius 1 is 0.911 bits per heavy atom. The van der Waals surface area contributed by atoms with Gasteiger partial charge in [0.05, 0.1) is 18.5 Å². The van der Waals surface area contributed by atoms with E-state index in [0.717, 1.165) is 57.1 Å². The van der Waals surface area contributed by atoms with Crippen LogP contribution in [-0.4, -0.2) is 22.7 Å². The third kappa shape index (κ3) is 5.51. The summed E-state index contributed by atoms with van der Waals surface area (Å²) in [6, 6.07) is 33.8. The largest absolute Gasteiger partial charge is 0.493 e. The minimum Gasteiger partial charge on any atom is -0.493 e. The van der Waals surface area contributed by atoms with E-state index in [2.05, 4.69) is 37.4 Å². The van der Waals surface area contributed by atoms with Crippen molar-refractivity contribution in [3.63, 3.8) is 0 Å². The number of hydrogen-bond acceptors (Lipinski definition) is 5. The molecule has 0 amide bonds. The van der Waals surface area contributed by atoms with Crippen LogP contribution in [0.15, 0.2) is 114 Å². The van der Waals surface area contributed by atoms with E-state index in [1.54, 1.807) is 7.11 Å². The number of methoxy groups -OCH3 is 1. The summed E-state index contributed by atoms with van der Waals surface area (Å²) in [6.07, 6.45) is 1.21. The lowest BCUT2D eigenvalue weighted by Gasteiger charge is -2.39. The fourth-order valence-electron chi connectivity index (χ4n) is 6.52. The molecule has 1 N–H and O–H groups in total. The predicted molar refractivity (Wildman–Crippen MR) is 178 cm³/mol. The minimum atomic E-state index is -0.367. The van der Waals surface area contributed by atoms with Crippen LogP contribution in [0.25, 0.3) is 16.9 Å². The normalized spacial score (nSPS) is 16.9. The van der Waals surface area contributed by atoms with Gasteiger partial charge in [0.15, 0.2) is 17.3 Å². The summed E-state index contributed by atoms with van der Waals surface area (Å²) in [5, 5.41) is 9.56. The molecule has 0 bridgehead atoms. The number of nitrogens with zero attached hydrogens (tertiary/aromatic N) is 2. The average molecular weight is 616 g/mol. The number of aromatic nitrogens is 2. The lowest BCUT2D eigenvalue weighted by Crippen LogP contribution is -2.34. The fraction of sp³-hybridized carbons (Fsp3) is 0.211. The molecule has 0 fully saturated rings. The number of benzene rings is 4. The number of ether oxygens (including phenoxy) is 2. The van der Waals surface area contributed by atoms with E-state index in [1.165, 1.54) is 0 Å². The highest BCUT2D eigenvalue weighted by Crippen LogP contribution is 2.52. The Labute approximate surface area is 268 Å². The average Bonchev–Trinajstić information content (AvgIpc) is 3.42. The molecule has 2 aliphatic rings. The van der Waals surface area contributed by atoms with E-state index in [-0.39, 0.29) is 17.1 Å². The highest BCUT2D eigenvalue weighted by Gasteiger charge is 2.44. The number of rotatable bonds is 7. The molecule has 0 saturated heterocycles. The van der Waals surface area contributed by atoms with Gasteiger partial charge in [-0.3, -0.25) is 4.79 Å². The SMILES string of the molecule is COc1cc(C2C3=C(CC(C)(C)CC3=O)Nc3c2c(-c2ccccc2)nn3-c2ccc(Cl)cc2)ccc1OCc1ccccc1. The molecule has 4 aromatic carbocycles. The number of anilines is 1. The number of Topliss-reactive ketones (excluding diaryl/α,β-unsaturated/α-hetero) is 1. The van der Waals surface area contributed by atoms with Gasteiger partial charge in [-0.15, -0.1) is 0 Å². The number of halogens is 1. The standard InChI is InChI=1S/C38H34ClN3O3/c1-38(2)21-29-34(30(43)22-38)33(26-14-19-31(32(20-26)44-3)45-23-24-10-6-4-7-11-24)35-36(25-12-8-5-9-13-25)41-42(37(35)40-29)28-17-15-27(39)16-18-28/h4-20,33,40H,21-23H2,1-3H3. The first-order valence-corrected chi connectivity index (χ1v) is 15.5. The maximum absolute atomic E-state index is 14.1. The molecular weight excluding hydrogens is 582 g/mol. The van der Waals surface area contributed by atoms with Crippen LogP contribution >= 0.6 is 11.6 Å². The van der Waals surface area contributed by atoms with Crippen LogP contribution in [0.5, 0.6) is 11.5 Å². The Balaban J connectivity index is 1.42. The van der Waals surface area contributed by atoms with E-state index < -0.39 is 0 Å². The zero-order chi connectivity index (χ0) is 31.1. The van der Waals surface area contributed by atoms with E-state index in [4.69, 9.17) is 26.2 Å². The molecule has 0 saturated carbocycles. The molecular formula is C38H34ClN3O3. The summed E-state index contributed by atoms with van der Waals surface area (Å²) in [6.45, 7) is 4.71. The Hall–Kier alpha value is -4.81. The molecule has 0 radical (unpaired) electrons. The second-order valence-electron chi connectivity index (χ2n) is 12.4. The van der Waals surface area contributed by atoms with Gasteiger partial charge in [-0.05, 0) is 59.4 Å². The van der Waals surface area contributed by atoms with Crippen molar-refractivity contribution in [2.24, 2.45) is 5.41 Å². The zero-order valence-electron chi connectivity index (χ0n) is 25.5. The number of allylic oxidation sites excluding steroid dienone is 2. The van der Waals surface area contributed by atoms with Crippen molar-refractivity contribution in [1.29, 1.82) is 0 Å². The van der Waals surface area contributed by atoms with Gasteiger partial charge in [-0.2, -0.15) is 5.10 Å². The second-order valence-corrected chi connectivity index (χ2v) is 12.9. The summed E-state index contributed by atoms with van der Waals surface area (Å²) >= 11 is 6.27. The molecule has 6 nitrogen and oxygen atoms in total. The van der Waals surface area contributed by atoms with E-state index >= 15 is 0 Å². The first-order chi connectivity index (χ1) is 21.8. The first kappa shape index (κ1) is 28.9. The first-order valence-electron chi connectivity index (χ1n) is 15.1. The van der Waals surface area contributed by atoms with Crippen molar-refractivity contribution in [2.75, 3.05) is 12.4 Å².